The summed E-state index contributed by atoms with van der Waals surface area (Å²) in [5.41, 5.74) is 7.35. The van der Waals surface area contributed by atoms with Gasteiger partial charge < -0.3 is 15.5 Å². The van der Waals surface area contributed by atoms with Gasteiger partial charge in [0, 0.05) is 50.2 Å². The number of aliphatic imine (C=N–C) groups is 1. The number of allylic oxidation sites excluding steroid dienone is 1. The number of hydrogen-bond acceptors (Lipinski definition) is 7. The largest absolute Gasteiger partial charge is 0.404 e. The molecule has 0 aliphatic carbocycles. The molecule has 0 aromatic heterocycles. The van der Waals surface area contributed by atoms with Gasteiger partial charge in [0.15, 0.2) is 6.29 Å². The molecule has 2 fully saturated rings. The number of likely N-dealkylation sites (N-methyl/N-ethyl adjacent to an activating group) is 1. The zero-order valence-corrected chi connectivity index (χ0v) is 20.5. The normalized spacial score (nSPS) is 19.0. The molecule has 0 bridgehead atoms. The third kappa shape index (κ3) is 6.35. The van der Waals surface area contributed by atoms with Crippen molar-refractivity contribution in [1.29, 1.82) is 0 Å². The van der Waals surface area contributed by atoms with E-state index in [0.29, 0.717) is 24.9 Å². The zero-order chi connectivity index (χ0) is 25.8. The third-order valence-electron chi connectivity index (χ3n) is 5.83. The number of anilines is 1. The average Bonchev–Trinajstić information content (AvgIpc) is 2.78. The molecule has 3 rings (SSSR count). The Labute approximate surface area is 205 Å². The summed E-state index contributed by atoms with van der Waals surface area (Å²) in [4.78, 5) is 56.1. The molecule has 3 N–H and O–H groups in total. The number of nitrogens with two attached hydrogens (primary N) is 1. The molecule has 35 heavy (non-hydrogen) atoms. The van der Waals surface area contributed by atoms with Crippen LogP contribution in [0.4, 0.5) is 5.69 Å². The van der Waals surface area contributed by atoms with Crippen LogP contribution in [0.1, 0.15) is 54.3 Å². The molecule has 0 spiro atoms. The second-order valence-electron chi connectivity index (χ2n) is 9.69. The molecule has 2 heterocycles. The first-order valence-electron chi connectivity index (χ1n) is 11.5. The van der Waals surface area contributed by atoms with Gasteiger partial charge in [-0.05, 0) is 45.4 Å². The minimum Gasteiger partial charge on any atom is -0.404 e. The lowest BCUT2D eigenvalue weighted by atomic mass is 9.97. The summed E-state index contributed by atoms with van der Waals surface area (Å²) >= 11 is 0. The Bertz CT molecular complexity index is 1150. The van der Waals surface area contributed by atoms with Gasteiger partial charge in [0.25, 0.3) is 5.91 Å². The Morgan fingerprint density at radius 2 is 2.00 bits per heavy atom. The lowest BCUT2D eigenvalue weighted by Crippen LogP contribution is -2.53. The Balaban J connectivity index is 1.70. The van der Waals surface area contributed by atoms with Crippen molar-refractivity contribution in [2.45, 2.75) is 45.2 Å². The SMILES string of the molecule is CN(C(=O)c1cc(N2CC(C#CC(C=NC(C)(C)C)=CN)C2)ccc1C=O)C1CCC(=O)NC1=O. The molecule has 1 atom stereocenters. The van der Waals surface area contributed by atoms with Crippen LogP contribution >= 0.6 is 0 Å². The van der Waals surface area contributed by atoms with E-state index in [1.807, 2.05) is 20.8 Å². The van der Waals surface area contributed by atoms with Crippen molar-refractivity contribution in [2.75, 3.05) is 25.0 Å². The van der Waals surface area contributed by atoms with Gasteiger partial charge in [-0.3, -0.25) is 29.5 Å². The van der Waals surface area contributed by atoms with Crippen molar-refractivity contribution in [3.8, 4) is 11.8 Å². The smallest absolute Gasteiger partial charge is 0.255 e. The van der Waals surface area contributed by atoms with Gasteiger partial charge in [-0.15, -0.1) is 0 Å². The summed E-state index contributed by atoms with van der Waals surface area (Å²) in [5, 5.41) is 2.25. The number of benzene rings is 1. The Hall–Kier alpha value is -3.93. The molecule has 2 saturated heterocycles. The highest BCUT2D eigenvalue weighted by Crippen LogP contribution is 2.27. The monoisotopic (exact) mass is 477 g/mol. The lowest BCUT2D eigenvalue weighted by molar-refractivity contribution is -0.136. The summed E-state index contributed by atoms with van der Waals surface area (Å²) in [6, 6.07) is 4.29. The van der Waals surface area contributed by atoms with Gasteiger partial charge in [0.2, 0.25) is 11.8 Å². The van der Waals surface area contributed by atoms with Crippen LogP contribution in [0.5, 0.6) is 0 Å². The van der Waals surface area contributed by atoms with Crippen molar-refractivity contribution in [3.63, 3.8) is 0 Å². The predicted molar refractivity (Wildman–Crippen MR) is 134 cm³/mol. The van der Waals surface area contributed by atoms with Crippen molar-refractivity contribution in [2.24, 2.45) is 16.6 Å². The molecule has 1 aromatic rings. The molecule has 0 saturated carbocycles. The molecular weight excluding hydrogens is 446 g/mol. The highest BCUT2D eigenvalue weighted by Gasteiger charge is 2.34. The molecule has 1 aromatic carbocycles. The minimum absolute atomic E-state index is 0.129. The molecule has 3 amide bonds. The van der Waals surface area contributed by atoms with E-state index in [2.05, 4.69) is 27.0 Å². The number of nitrogens with one attached hydrogen (secondary N) is 1. The number of amides is 3. The summed E-state index contributed by atoms with van der Waals surface area (Å²) in [7, 11) is 1.50. The zero-order valence-electron chi connectivity index (χ0n) is 20.5. The van der Waals surface area contributed by atoms with Crippen LogP contribution in [0, 0.1) is 17.8 Å². The second-order valence-corrected chi connectivity index (χ2v) is 9.69. The molecule has 0 radical (unpaired) electrons. The van der Waals surface area contributed by atoms with E-state index in [4.69, 9.17) is 5.73 Å². The van der Waals surface area contributed by atoms with E-state index in [-0.39, 0.29) is 41.3 Å². The average molecular weight is 478 g/mol. The summed E-state index contributed by atoms with van der Waals surface area (Å²) < 4.78 is 0. The Morgan fingerprint density at radius 1 is 1.29 bits per heavy atom. The number of carbonyl (C=O) groups is 4. The van der Waals surface area contributed by atoms with Crippen LogP contribution in [0.2, 0.25) is 0 Å². The van der Waals surface area contributed by atoms with Gasteiger partial charge in [-0.25, -0.2) is 0 Å². The molecule has 9 nitrogen and oxygen atoms in total. The fraction of sp³-hybridized carbons (Fsp3) is 0.423. The fourth-order valence-electron chi connectivity index (χ4n) is 3.76. The van der Waals surface area contributed by atoms with E-state index in [1.165, 1.54) is 18.1 Å². The molecular formula is C26H31N5O4. The number of aldehydes is 1. The number of imide groups is 1. The van der Waals surface area contributed by atoms with E-state index < -0.39 is 17.9 Å². The van der Waals surface area contributed by atoms with Crippen LogP contribution in [-0.4, -0.2) is 66.8 Å². The third-order valence-corrected chi connectivity index (χ3v) is 5.83. The van der Waals surface area contributed by atoms with E-state index in [0.717, 1.165) is 5.69 Å². The predicted octanol–water partition coefficient (Wildman–Crippen LogP) is 1.53. The number of carbonyl (C=O) groups excluding carboxylic acids is 4. The second kappa shape index (κ2) is 10.6. The van der Waals surface area contributed by atoms with Gasteiger partial charge in [0.1, 0.15) is 6.04 Å². The topological polar surface area (TPSA) is 125 Å². The molecule has 184 valence electrons. The van der Waals surface area contributed by atoms with Gasteiger partial charge in [-0.1, -0.05) is 11.8 Å². The van der Waals surface area contributed by atoms with Gasteiger partial charge >= 0.3 is 0 Å². The highest BCUT2D eigenvalue weighted by molar-refractivity contribution is 6.06. The van der Waals surface area contributed by atoms with Gasteiger partial charge in [0.05, 0.1) is 22.6 Å². The van der Waals surface area contributed by atoms with Crippen LogP contribution in [0.15, 0.2) is 35.0 Å². The standard InChI is InChI=1S/C26H31N5O4/c1-26(2,3)28-13-17(12-27)5-6-18-14-31(15-18)20-8-7-19(16-32)21(11-20)25(35)30(4)22-9-10-23(33)29-24(22)34/h7-8,11-13,16,18,22H,9-10,14-15,27H2,1-4H3,(H,29,33,34). The molecule has 9 heteroatoms. The number of hydrogen-bond donors (Lipinski definition) is 2. The Morgan fingerprint density at radius 3 is 2.60 bits per heavy atom. The van der Waals surface area contributed by atoms with Crippen molar-refractivity contribution >= 4 is 35.9 Å². The van der Waals surface area contributed by atoms with Crippen molar-refractivity contribution in [3.05, 3.63) is 41.1 Å². The quantitative estimate of drug-likeness (QED) is 0.287. The summed E-state index contributed by atoms with van der Waals surface area (Å²) in [6.45, 7) is 7.31. The molecule has 2 aliphatic rings. The summed E-state index contributed by atoms with van der Waals surface area (Å²) in [6.07, 6.45) is 4.15. The Kier molecular flexibility index (Phi) is 7.75. The lowest BCUT2D eigenvalue weighted by Gasteiger charge is -2.38. The first kappa shape index (κ1) is 25.7. The maximum atomic E-state index is 13.2. The van der Waals surface area contributed by atoms with Crippen LogP contribution < -0.4 is 16.0 Å². The highest BCUT2D eigenvalue weighted by atomic mass is 16.2. The van der Waals surface area contributed by atoms with Crippen LogP contribution in [-0.2, 0) is 9.59 Å². The first-order chi connectivity index (χ1) is 16.5. The van der Waals surface area contributed by atoms with Crippen molar-refractivity contribution in [1.82, 2.24) is 10.2 Å². The number of piperidine rings is 1. The van der Waals surface area contributed by atoms with E-state index >= 15 is 0 Å². The van der Waals surface area contributed by atoms with E-state index in [9.17, 15) is 19.2 Å². The minimum atomic E-state index is -0.765. The summed E-state index contributed by atoms with van der Waals surface area (Å²) in [5.74, 6) is 5.08. The number of nitrogens with zero attached hydrogens (tertiary/aromatic N) is 3. The van der Waals surface area contributed by atoms with E-state index in [1.54, 1.807) is 24.4 Å². The first-order valence-corrected chi connectivity index (χ1v) is 11.5. The maximum absolute atomic E-state index is 13.2. The maximum Gasteiger partial charge on any atom is 0.255 e. The molecule has 1 unspecified atom stereocenters. The fourth-order valence-corrected chi connectivity index (χ4v) is 3.76. The van der Waals surface area contributed by atoms with Crippen molar-refractivity contribution < 1.29 is 19.2 Å². The number of rotatable bonds is 5. The molecule has 2 aliphatic heterocycles. The van der Waals surface area contributed by atoms with Crippen LogP contribution in [0.25, 0.3) is 0 Å². The van der Waals surface area contributed by atoms with Gasteiger partial charge in [-0.2, -0.15) is 0 Å². The van der Waals surface area contributed by atoms with Crippen LogP contribution in [0.3, 0.4) is 0 Å².